The lowest BCUT2D eigenvalue weighted by Crippen LogP contribution is -2.38. The van der Waals surface area contributed by atoms with E-state index in [1.54, 1.807) is 0 Å². The topological polar surface area (TPSA) is 64.4 Å². The standard InChI is InChI=1S/C15H22N2O2.ClH/c1-11-2-4-13(5-3-11)14(16)15(18)17-10-12-6-8-19-9-7-12;/h2-5,12,14H,6-10,16H2,1H3,(H,17,18);1H. The number of carbonyl (C=O) groups is 1. The molecule has 1 aromatic carbocycles. The first kappa shape index (κ1) is 17.0. The van der Waals surface area contributed by atoms with Crippen LogP contribution in [0, 0.1) is 12.8 Å². The van der Waals surface area contributed by atoms with Crippen LogP contribution in [0.5, 0.6) is 0 Å². The fourth-order valence-corrected chi connectivity index (χ4v) is 2.23. The van der Waals surface area contributed by atoms with Crippen molar-refractivity contribution in [3.63, 3.8) is 0 Å². The van der Waals surface area contributed by atoms with Crippen LogP contribution in [-0.4, -0.2) is 25.7 Å². The lowest BCUT2D eigenvalue weighted by molar-refractivity contribution is -0.122. The minimum Gasteiger partial charge on any atom is -0.381 e. The van der Waals surface area contributed by atoms with Crippen molar-refractivity contribution in [2.75, 3.05) is 19.8 Å². The molecule has 5 heteroatoms. The smallest absolute Gasteiger partial charge is 0.241 e. The number of ether oxygens (including phenoxy) is 1. The van der Waals surface area contributed by atoms with Gasteiger partial charge in [0.15, 0.2) is 0 Å². The summed E-state index contributed by atoms with van der Waals surface area (Å²) in [5, 5.41) is 2.95. The summed E-state index contributed by atoms with van der Waals surface area (Å²) in [6, 6.07) is 7.18. The summed E-state index contributed by atoms with van der Waals surface area (Å²) in [5.41, 5.74) is 7.99. The Morgan fingerprint density at radius 2 is 1.95 bits per heavy atom. The predicted molar refractivity (Wildman–Crippen MR) is 81.9 cm³/mol. The Balaban J connectivity index is 0.00000200. The van der Waals surface area contributed by atoms with Crippen LogP contribution < -0.4 is 11.1 Å². The molecule has 1 aromatic rings. The molecule has 1 atom stereocenters. The Bertz CT molecular complexity index is 416. The quantitative estimate of drug-likeness (QED) is 0.893. The highest BCUT2D eigenvalue weighted by Crippen LogP contribution is 2.15. The van der Waals surface area contributed by atoms with E-state index in [2.05, 4.69) is 5.32 Å². The molecule has 0 radical (unpaired) electrons. The Kier molecular flexibility index (Phi) is 6.99. The summed E-state index contributed by atoms with van der Waals surface area (Å²) in [7, 11) is 0. The lowest BCUT2D eigenvalue weighted by Gasteiger charge is -2.23. The third kappa shape index (κ3) is 4.78. The highest BCUT2D eigenvalue weighted by Gasteiger charge is 2.18. The first-order valence-corrected chi connectivity index (χ1v) is 6.84. The van der Waals surface area contributed by atoms with Gasteiger partial charge in [-0.1, -0.05) is 29.8 Å². The summed E-state index contributed by atoms with van der Waals surface area (Å²) in [5.74, 6) is 0.415. The molecule has 3 N–H and O–H groups in total. The number of rotatable bonds is 4. The SMILES string of the molecule is Cc1ccc(C(N)C(=O)NCC2CCOCC2)cc1.Cl. The number of nitrogens with one attached hydrogen (secondary N) is 1. The molecule has 0 spiro atoms. The second kappa shape index (κ2) is 8.25. The number of benzene rings is 1. The fourth-order valence-electron chi connectivity index (χ4n) is 2.23. The van der Waals surface area contributed by atoms with Crippen molar-refractivity contribution in [2.45, 2.75) is 25.8 Å². The van der Waals surface area contributed by atoms with Gasteiger partial charge in [0.05, 0.1) is 0 Å². The fraction of sp³-hybridized carbons (Fsp3) is 0.533. The molecule has 1 unspecified atom stereocenters. The second-order valence-electron chi connectivity index (χ2n) is 5.19. The van der Waals surface area contributed by atoms with Crippen molar-refractivity contribution in [3.8, 4) is 0 Å². The number of carbonyl (C=O) groups excluding carboxylic acids is 1. The van der Waals surface area contributed by atoms with Crippen molar-refractivity contribution in [1.29, 1.82) is 0 Å². The molecule has 1 amide bonds. The van der Waals surface area contributed by atoms with Gasteiger partial charge in [-0.25, -0.2) is 0 Å². The van der Waals surface area contributed by atoms with E-state index in [9.17, 15) is 4.79 Å². The second-order valence-corrected chi connectivity index (χ2v) is 5.19. The van der Waals surface area contributed by atoms with Crippen LogP contribution in [0.2, 0.25) is 0 Å². The zero-order chi connectivity index (χ0) is 13.7. The molecular formula is C15H23ClN2O2. The normalized spacial score (nSPS) is 17.1. The monoisotopic (exact) mass is 298 g/mol. The van der Waals surface area contributed by atoms with Crippen LogP contribution in [0.25, 0.3) is 0 Å². The van der Waals surface area contributed by atoms with Crippen LogP contribution in [-0.2, 0) is 9.53 Å². The number of aryl methyl sites for hydroxylation is 1. The van der Waals surface area contributed by atoms with Crippen molar-refractivity contribution in [1.82, 2.24) is 5.32 Å². The highest BCUT2D eigenvalue weighted by molar-refractivity contribution is 5.85. The Morgan fingerprint density at radius 3 is 2.55 bits per heavy atom. The molecule has 112 valence electrons. The Morgan fingerprint density at radius 1 is 1.35 bits per heavy atom. The molecule has 0 aliphatic carbocycles. The van der Waals surface area contributed by atoms with Gasteiger partial charge in [0.2, 0.25) is 5.91 Å². The summed E-state index contributed by atoms with van der Waals surface area (Å²) >= 11 is 0. The van der Waals surface area contributed by atoms with Crippen LogP contribution in [0.15, 0.2) is 24.3 Å². The average Bonchev–Trinajstić information content (AvgIpc) is 2.46. The van der Waals surface area contributed by atoms with E-state index < -0.39 is 6.04 Å². The zero-order valence-corrected chi connectivity index (χ0v) is 12.6. The van der Waals surface area contributed by atoms with E-state index in [4.69, 9.17) is 10.5 Å². The van der Waals surface area contributed by atoms with Gasteiger partial charge in [0.25, 0.3) is 0 Å². The maximum Gasteiger partial charge on any atom is 0.241 e. The molecule has 1 fully saturated rings. The molecule has 1 heterocycles. The number of halogens is 1. The molecule has 0 saturated carbocycles. The molecule has 2 rings (SSSR count). The van der Waals surface area contributed by atoms with E-state index >= 15 is 0 Å². The minimum absolute atomic E-state index is 0. The van der Waals surface area contributed by atoms with Gasteiger partial charge in [0.1, 0.15) is 6.04 Å². The predicted octanol–water partition coefficient (Wildman–Crippen LogP) is 1.96. The maximum absolute atomic E-state index is 12.0. The van der Waals surface area contributed by atoms with Gasteiger partial charge in [-0.3, -0.25) is 4.79 Å². The van der Waals surface area contributed by atoms with Crippen LogP contribution in [0.3, 0.4) is 0 Å². The largest absolute Gasteiger partial charge is 0.381 e. The van der Waals surface area contributed by atoms with E-state index in [0.717, 1.165) is 31.6 Å². The van der Waals surface area contributed by atoms with Crippen molar-refractivity contribution in [2.24, 2.45) is 11.7 Å². The van der Waals surface area contributed by atoms with Crippen LogP contribution in [0.4, 0.5) is 0 Å². The summed E-state index contributed by atoms with van der Waals surface area (Å²) < 4.78 is 5.30. The molecular weight excluding hydrogens is 276 g/mol. The minimum atomic E-state index is -0.583. The van der Waals surface area contributed by atoms with Crippen molar-refractivity contribution >= 4 is 18.3 Å². The molecule has 4 nitrogen and oxygen atoms in total. The lowest BCUT2D eigenvalue weighted by atomic mass is 10.00. The first-order chi connectivity index (χ1) is 9.16. The van der Waals surface area contributed by atoms with Crippen molar-refractivity contribution in [3.05, 3.63) is 35.4 Å². The Hall–Kier alpha value is -1.10. The third-order valence-electron chi connectivity index (χ3n) is 3.62. The van der Waals surface area contributed by atoms with Gasteiger partial charge < -0.3 is 15.8 Å². The van der Waals surface area contributed by atoms with Gasteiger partial charge in [-0.2, -0.15) is 0 Å². The summed E-state index contributed by atoms with van der Waals surface area (Å²) in [6.07, 6.45) is 2.03. The van der Waals surface area contributed by atoms with Crippen LogP contribution in [0.1, 0.15) is 30.0 Å². The first-order valence-electron chi connectivity index (χ1n) is 6.84. The number of amides is 1. The van der Waals surface area contributed by atoms with Gasteiger partial charge in [-0.05, 0) is 31.2 Å². The molecule has 1 aliphatic heterocycles. The van der Waals surface area contributed by atoms with Crippen LogP contribution >= 0.6 is 12.4 Å². The molecule has 0 bridgehead atoms. The van der Waals surface area contributed by atoms with Crippen molar-refractivity contribution < 1.29 is 9.53 Å². The molecule has 20 heavy (non-hydrogen) atoms. The van der Waals surface area contributed by atoms with Gasteiger partial charge >= 0.3 is 0 Å². The molecule has 1 aliphatic rings. The number of nitrogens with two attached hydrogens (primary N) is 1. The summed E-state index contributed by atoms with van der Waals surface area (Å²) in [6.45, 7) is 4.30. The van der Waals surface area contributed by atoms with E-state index in [1.807, 2.05) is 31.2 Å². The number of hydrogen-bond donors (Lipinski definition) is 2. The Labute approximate surface area is 126 Å². The van der Waals surface area contributed by atoms with Gasteiger partial charge in [-0.15, -0.1) is 12.4 Å². The average molecular weight is 299 g/mol. The highest BCUT2D eigenvalue weighted by atomic mass is 35.5. The van der Waals surface area contributed by atoms with E-state index in [1.165, 1.54) is 5.56 Å². The maximum atomic E-state index is 12.0. The van der Waals surface area contributed by atoms with E-state index in [0.29, 0.717) is 12.5 Å². The zero-order valence-electron chi connectivity index (χ0n) is 11.8. The molecule has 1 saturated heterocycles. The summed E-state index contributed by atoms with van der Waals surface area (Å²) in [4.78, 5) is 12.0. The van der Waals surface area contributed by atoms with Gasteiger partial charge in [0, 0.05) is 19.8 Å². The molecule has 0 aromatic heterocycles. The third-order valence-corrected chi connectivity index (χ3v) is 3.62. The number of hydrogen-bond acceptors (Lipinski definition) is 3. The van der Waals surface area contributed by atoms with E-state index in [-0.39, 0.29) is 18.3 Å².